The van der Waals surface area contributed by atoms with Crippen molar-refractivity contribution in [1.29, 1.82) is 0 Å². The lowest BCUT2D eigenvalue weighted by Gasteiger charge is -2.21. The van der Waals surface area contributed by atoms with Crippen LogP contribution in [0.4, 0.5) is 0 Å². The largest absolute Gasteiger partial charge is 0.351 e. The van der Waals surface area contributed by atoms with E-state index in [-0.39, 0.29) is 11.4 Å². The number of amides is 1. The van der Waals surface area contributed by atoms with Crippen molar-refractivity contribution in [2.45, 2.75) is 32.4 Å². The third-order valence-corrected chi connectivity index (χ3v) is 3.78. The molecule has 2 rings (SSSR count). The molecule has 1 aliphatic heterocycles. The highest BCUT2D eigenvalue weighted by molar-refractivity contribution is 9.11. The van der Waals surface area contributed by atoms with Crippen molar-refractivity contribution in [3.63, 3.8) is 0 Å². The molecule has 0 aromatic carbocycles. The standard InChI is InChI=1S/C11H14BrN3OS/c1-11(2,3)15-10-13-8(9(16)14-10)6-4-5-7(12)17-6/h4-5,8H,1-3H3,(H2,13,14,15,16). The Morgan fingerprint density at radius 3 is 2.71 bits per heavy atom. The van der Waals surface area contributed by atoms with Gasteiger partial charge in [0.15, 0.2) is 12.0 Å². The van der Waals surface area contributed by atoms with Gasteiger partial charge in [0.25, 0.3) is 5.91 Å². The molecule has 6 heteroatoms. The molecule has 2 N–H and O–H groups in total. The molecule has 4 nitrogen and oxygen atoms in total. The van der Waals surface area contributed by atoms with Gasteiger partial charge in [0.05, 0.1) is 3.79 Å². The summed E-state index contributed by atoms with van der Waals surface area (Å²) in [5.41, 5.74) is -0.114. The summed E-state index contributed by atoms with van der Waals surface area (Å²) in [4.78, 5) is 17.1. The number of nitrogens with one attached hydrogen (secondary N) is 2. The first kappa shape index (κ1) is 12.6. The second-order valence-corrected chi connectivity index (χ2v) is 7.38. The normalized spacial score (nSPS) is 20.1. The Hall–Kier alpha value is -0.880. The summed E-state index contributed by atoms with van der Waals surface area (Å²) in [6.07, 6.45) is 0. The van der Waals surface area contributed by atoms with E-state index in [0.717, 1.165) is 8.66 Å². The van der Waals surface area contributed by atoms with Gasteiger partial charge in [0.1, 0.15) is 0 Å². The summed E-state index contributed by atoms with van der Waals surface area (Å²) in [6, 6.07) is 3.43. The van der Waals surface area contributed by atoms with Gasteiger partial charge < -0.3 is 5.32 Å². The predicted octanol–water partition coefficient (Wildman–Crippen LogP) is 2.43. The number of hydrogen-bond donors (Lipinski definition) is 2. The third kappa shape index (κ3) is 3.07. The van der Waals surface area contributed by atoms with Gasteiger partial charge in [-0.05, 0) is 48.8 Å². The second kappa shape index (κ2) is 4.42. The van der Waals surface area contributed by atoms with Gasteiger partial charge in [-0.3, -0.25) is 10.1 Å². The molecule has 17 heavy (non-hydrogen) atoms. The first-order valence-electron chi connectivity index (χ1n) is 5.27. The lowest BCUT2D eigenvalue weighted by atomic mass is 10.1. The molecule has 0 bridgehead atoms. The lowest BCUT2D eigenvalue weighted by molar-refractivity contribution is -0.120. The molecule has 2 heterocycles. The minimum absolute atomic E-state index is 0.0777. The van der Waals surface area contributed by atoms with Gasteiger partial charge in [-0.25, -0.2) is 4.99 Å². The molecule has 0 aliphatic carbocycles. The molecule has 0 spiro atoms. The molecule has 1 atom stereocenters. The van der Waals surface area contributed by atoms with E-state index in [1.54, 1.807) is 0 Å². The maximum absolute atomic E-state index is 11.8. The van der Waals surface area contributed by atoms with E-state index < -0.39 is 6.04 Å². The Labute approximate surface area is 113 Å². The van der Waals surface area contributed by atoms with Gasteiger partial charge in [0.2, 0.25) is 0 Å². The van der Waals surface area contributed by atoms with Crippen LogP contribution in [0.2, 0.25) is 0 Å². The van der Waals surface area contributed by atoms with Crippen LogP contribution in [0.3, 0.4) is 0 Å². The number of rotatable bonds is 1. The quantitative estimate of drug-likeness (QED) is 0.836. The highest BCUT2D eigenvalue weighted by atomic mass is 79.9. The van der Waals surface area contributed by atoms with Crippen LogP contribution in [0.1, 0.15) is 31.7 Å². The summed E-state index contributed by atoms with van der Waals surface area (Å²) in [5, 5.41) is 5.93. The fourth-order valence-corrected chi connectivity index (χ4v) is 2.95. The maximum Gasteiger partial charge on any atom is 0.257 e. The molecular weight excluding hydrogens is 302 g/mol. The van der Waals surface area contributed by atoms with Crippen LogP contribution < -0.4 is 10.6 Å². The fraction of sp³-hybridized carbons (Fsp3) is 0.455. The SMILES string of the molecule is CC(C)(C)NC1=NC(c2ccc(Br)s2)C(=O)N1. The molecule has 1 aliphatic rings. The van der Waals surface area contributed by atoms with Crippen molar-refractivity contribution >= 4 is 39.1 Å². The van der Waals surface area contributed by atoms with E-state index in [2.05, 4.69) is 31.6 Å². The topological polar surface area (TPSA) is 53.5 Å². The predicted molar refractivity (Wildman–Crippen MR) is 73.2 cm³/mol. The smallest absolute Gasteiger partial charge is 0.257 e. The zero-order valence-electron chi connectivity index (χ0n) is 9.87. The first-order chi connectivity index (χ1) is 7.85. The van der Waals surface area contributed by atoms with Gasteiger partial charge in [0, 0.05) is 10.4 Å². The number of carbonyl (C=O) groups is 1. The molecular formula is C11H14BrN3OS. The van der Waals surface area contributed by atoms with E-state index in [4.69, 9.17) is 0 Å². The molecule has 1 aromatic rings. The van der Waals surface area contributed by atoms with E-state index in [1.165, 1.54) is 11.3 Å². The summed E-state index contributed by atoms with van der Waals surface area (Å²) in [5.74, 6) is 0.475. The number of halogens is 1. The molecule has 0 saturated heterocycles. The lowest BCUT2D eigenvalue weighted by Crippen LogP contribution is -2.46. The number of thiophene rings is 1. The molecule has 0 radical (unpaired) electrons. The minimum atomic E-state index is -0.420. The van der Waals surface area contributed by atoms with Crippen molar-refractivity contribution in [2.24, 2.45) is 4.99 Å². The highest BCUT2D eigenvalue weighted by Gasteiger charge is 2.30. The molecule has 1 amide bonds. The Morgan fingerprint density at radius 2 is 2.18 bits per heavy atom. The fourth-order valence-electron chi connectivity index (χ4n) is 1.49. The second-order valence-electron chi connectivity index (χ2n) is 4.89. The van der Waals surface area contributed by atoms with Gasteiger partial charge in [-0.15, -0.1) is 11.3 Å². The molecule has 0 saturated carbocycles. The van der Waals surface area contributed by atoms with E-state index in [1.807, 2.05) is 32.9 Å². The van der Waals surface area contributed by atoms with Crippen molar-refractivity contribution in [3.8, 4) is 0 Å². The third-order valence-electron chi connectivity index (χ3n) is 2.11. The molecule has 92 valence electrons. The van der Waals surface area contributed by atoms with Crippen LogP contribution >= 0.6 is 27.3 Å². The minimum Gasteiger partial charge on any atom is -0.351 e. The Bertz CT molecular complexity index is 475. The molecule has 0 fully saturated rings. The summed E-state index contributed by atoms with van der Waals surface area (Å²) < 4.78 is 1.01. The maximum atomic E-state index is 11.8. The average molecular weight is 316 g/mol. The highest BCUT2D eigenvalue weighted by Crippen LogP contribution is 2.31. The van der Waals surface area contributed by atoms with Crippen LogP contribution in [0.25, 0.3) is 0 Å². The zero-order valence-corrected chi connectivity index (χ0v) is 12.3. The average Bonchev–Trinajstić information content (AvgIpc) is 2.70. The van der Waals surface area contributed by atoms with Crippen molar-refractivity contribution in [1.82, 2.24) is 10.6 Å². The molecule has 1 aromatic heterocycles. The van der Waals surface area contributed by atoms with Crippen LogP contribution in [-0.4, -0.2) is 17.4 Å². The van der Waals surface area contributed by atoms with E-state index in [0.29, 0.717) is 5.96 Å². The van der Waals surface area contributed by atoms with Gasteiger partial charge in [-0.1, -0.05) is 0 Å². The Balaban J connectivity index is 2.17. The van der Waals surface area contributed by atoms with Gasteiger partial charge in [-0.2, -0.15) is 0 Å². The Morgan fingerprint density at radius 1 is 1.47 bits per heavy atom. The summed E-state index contributed by atoms with van der Waals surface area (Å²) in [7, 11) is 0. The summed E-state index contributed by atoms with van der Waals surface area (Å²) >= 11 is 4.92. The van der Waals surface area contributed by atoms with Crippen molar-refractivity contribution in [2.75, 3.05) is 0 Å². The number of guanidine groups is 1. The number of aliphatic imine (C=N–C) groups is 1. The van der Waals surface area contributed by atoms with Crippen LogP contribution in [0.15, 0.2) is 20.9 Å². The van der Waals surface area contributed by atoms with Crippen LogP contribution in [0, 0.1) is 0 Å². The van der Waals surface area contributed by atoms with Gasteiger partial charge >= 0.3 is 0 Å². The monoisotopic (exact) mass is 315 g/mol. The summed E-state index contributed by atoms with van der Waals surface area (Å²) in [6.45, 7) is 6.07. The molecule has 1 unspecified atom stereocenters. The van der Waals surface area contributed by atoms with Crippen LogP contribution in [-0.2, 0) is 4.79 Å². The number of carbonyl (C=O) groups excluding carboxylic acids is 1. The van der Waals surface area contributed by atoms with Crippen LogP contribution in [0.5, 0.6) is 0 Å². The van der Waals surface area contributed by atoms with E-state index in [9.17, 15) is 4.79 Å². The van der Waals surface area contributed by atoms with Crippen molar-refractivity contribution in [3.05, 3.63) is 20.8 Å². The zero-order chi connectivity index (χ0) is 12.6. The van der Waals surface area contributed by atoms with E-state index >= 15 is 0 Å². The Kier molecular flexibility index (Phi) is 3.27. The number of hydrogen-bond acceptors (Lipinski definition) is 4. The van der Waals surface area contributed by atoms with Crippen molar-refractivity contribution < 1.29 is 4.79 Å². The first-order valence-corrected chi connectivity index (χ1v) is 6.88. The number of nitrogens with zero attached hydrogens (tertiary/aromatic N) is 1.